The van der Waals surface area contributed by atoms with Crippen LogP contribution < -0.4 is 5.32 Å². The van der Waals surface area contributed by atoms with Crippen LogP contribution in [0.1, 0.15) is 31.4 Å². The Morgan fingerprint density at radius 2 is 2.09 bits per heavy atom. The van der Waals surface area contributed by atoms with Gasteiger partial charge in [0.2, 0.25) is 5.91 Å². The third-order valence-electron chi connectivity index (χ3n) is 4.69. The molecule has 122 valence electrons. The molecule has 2 unspecified atom stereocenters. The number of aliphatic hydroxyl groups is 1. The highest BCUT2D eigenvalue weighted by Crippen LogP contribution is 2.20. The molecule has 1 fully saturated rings. The minimum Gasteiger partial charge on any atom is -0.387 e. The predicted octanol–water partition coefficient (Wildman–Crippen LogP) is 2.47. The molecule has 1 saturated heterocycles. The van der Waals surface area contributed by atoms with Gasteiger partial charge in [0.25, 0.3) is 0 Å². The topological polar surface area (TPSA) is 52.6 Å². The Morgan fingerprint density at radius 3 is 2.83 bits per heavy atom. The van der Waals surface area contributed by atoms with Gasteiger partial charge in [-0.1, -0.05) is 36.4 Å². The highest BCUT2D eigenvalue weighted by atomic mass is 16.3. The van der Waals surface area contributed by atoms with Gasteiger partial charge >= 0.3 is 0 Å². The fourth-order valence-corrected chi connectivity index (χ4v) is 3.21. The van der Waals surface area contributed by atoms with Crippen LogP contribution in [-0.4, -0.2) is 41.6 Å². The van der Waals surface area contributed by atoms with Gasteiger partial charge in [0.15, 0.2) is 0 Å². The van der Waals surface area contributed by atoms with E-state index in [0.717, 1.165) is 35.7 Å². The zero-order valence-electron chi connectivity index (χ0n) is 13.5. The monoisotopic (exact) mass is 312 g/mol. The smallest absolute Gasteiger partial charge is 0.234 e. The number of aliphatic hydroxyl groups excluding tert-OH is 1. The molecule has 0 aromatic heterocycles. The summed E-state index contributed by atoms with van der Waals surface area (Å²) in [6, 6.07) is 14.4. The first kappa shape index (κ1) is 16.0. The number of nitrogens with zero attached hydrogens (tertiary/aromatic N) is 1. The zero-order chi connectivity index (χ0) is 16.2. The summed E-state index contributed by atoms with van der Waals surface area (Å²) in [7, 11) is 0. The van der Waals surface area contributed by atoms with E-state index >= 15 is 0 Å². The van der Waals surface area contributed by atoms with Gasteiger partial charge in [0, 0.05) is 12.6 Å². The lowest BCUT2D eigenvalue weighted by atomic mass is 10.0. The van der Waals surface area contributed by atoms with Crippen molar-refractivity contribution < 1.29 is 9.90 Å². The van der Waals surface area contributed by atoms with Crippen molar-refractivity contribution in [3.63, 3.8) is 0 Å². The van der Waals surface area contributed by atoms with Crippen LogP contribution in [0.2, 0.25) is 0 Å². The molecule has 3 rings (SSSR count). The molecule has 0 saturated carbocycles. The van der Waals surface area contributed by atoms with Gasteiger partial charge in [-0.05, 0) is 48.7 Å². The van der Waals surface area contributed by atoms with E-state index < -0.39 is 6.10 Å². The molecule has 0 aliphatic carbocycles. The number of amides is 1. The molecule has 1 aliphatic heterocycles. The summed E-state index contributed by atoms with van der Waals surface area (Å²) in [6.45, 7) is 3.82. The lowest BCUT2D eigenvalue weighted by Gasteiger charge is -2.20. The van der Waals surface area contributed by atoms with Gasteiger partial charge in [-0.3, -0.25) is 9.69 Å². The number of hydrogen-bond acceptors (Lipinski definition) is 3. The van der Waals surface area contributed by atoms with Crippen LogP contribution in [0.25, 0.3) is 10.8 Å². The molecule has 4 nitrogen and oxygen atoms in total. The largest absolute Gasteiger partial charge is 0.387 e. The molecule has 1 aliphatic rings. The summed E-state index contributed by atoms with van der Waals surface area (Å²) in [5.74, 6) is -0.0152. The van der Waals surface area contributed by atoms with E-state index in [-0.39, 0.29) is 12.5 Å². The summed E-state index contributed by atoms with van der Waals surface area (Å²) in [5.41, 5.74) is 0.832. The summed E-state index contributed by atoms with van der Waals surface area (Å²) >= 11 is 0. The third kappa shape index (κ3) is 3.89. The molecular weight excluding hydrogens is 288 g/mol. The quantitative estimate of drug-likeness (QED) is 0.892. The van der Waals surface area contributed by atoms with Gasteiger partial charge in [0.1, 0.15) is 0 Å². The van der Waals surface area contributed by atoms with Crippen LogP contribution in [0.5, 0.6) is 0 Å². The highest BCUT2D eigenvalue weighted by molar-refractivity contribution is 5.83. The van der Waals surface area contributed by atoms with Gasteiger partial charge in [-0.25, -0.2) is 0 Å². The van der Waals surface area contributed by atoms with E-state index in [1.54, 1.807) is 0 Å². The number of benzene rings is 2. The van der Waals surface area contributed by atoms with Crippen LogP contribution in [-0.2, 0) is 4.79 Å². The first-order valence-corrected chi connectivity index (χ1v) is 8.31. The van der Waals surface area contributed by atoms with E-state index in [1.807, 2.05) is 42.5 Å². The van der Waals surface area contributed by atoms with Gasteiger partial charge < -0.3 is 10.4 Å². The summed E-state index contributed by atoms with van der Waals surface area (Å²) in [5, 5.41) is 15.4. The highest BCUT2D eigenvalue weighted by Gasteiger charge is 2.22. The molecule has 0 bridgehead atoms. The van der Waals surface area contributed by atoms with Crippen LogP contribution in [0.3, 0.4) is 0 Å². The minimum absolute atomic E-state index is 0.0152. The summed E-state index contributed by atoms with van der Waals surface area (Å²) < 4.78 is 0. The van der Waals surface area contributed by atoms with Gasteiger partial charge in [-0.15, -0.1) is 0 Å². The molecular formula is C19H24N2O2. The molecule has 2 atom stereocenters. The maximum Gasteiger partial charge on any atom is 0.234 e. The van der Waals surface area contributed by atoms with Crippen molar-refractivity contribution in [3.05, 3.63) is 48.0 Å². The Bertz CT molecular complexity index is 686. The molecule has 23 heavy (non-hydrogen) atoms. The first-order chi connectivity index (χ1) is 11.1. The molecule has 0 radical (unpaired) electrons. The molecule has 2 N–H and O–H groups in total. The van der Waals surface area contributed by atoms with Crippen molar-refractivity contribution in [2.24, 2.45) is 0 Å². The van der Waals surface area contributed by atoms with Crippen molar-refractivity contribution in [1.82, 2.24) is 10.2 Å². The molecule has 2 aromatic carbocycles. The lowest BCUT2D eigenvalue weighted by molar-refractivity contribution is -0.122. The number of nitrogens with one attached hydrogen (secondary N) is 1. The fourth-order valence-electron chi connectivity index (χ4n) is 3.21. The molecule has 1 amide bonds. The Labute approximate surface area is 137 Å². The molecule has 4 heteroatoms. The van der Waals surface area contributed by atoms with Crippen LogP contribution in [0, 0.1) is 0 Å². The minimum atomic E-state index is -0.681. The Balaban J connectivity index is 1.55. The first-order valence-electron chi connectivity index (χ1n) is 8.31. The second kappa shape index (κ2) is 7.11. The second-order valence-electron chi connectivity index (χ2n) is 6.39. The van der Waals surface area contributed by atoms with Crippen molar-refractivity contribution in [3.8, 4) is 0 Å². The van der Waals surface area contributed by atoms with Crippen LogP contribution >= 0.6 is 0 Å². The average Bonchev–Trinajstić information content (AvgIpc) is 2.97. The molecule has 0 spiro atoms. The summed E-state index contributed by atoms with van der Waals surface area (Å²) in [6.07, 6.45) is 1.64. The number of fused-ring (bicyclic) bond motifs is 1. The Hall–Kier alpha value is -1.91. The van der Waals surface area contributed by atoms with Gasteiger partial charge in [0.05, 0.1) is 12.6 Å². The number of likely N-dealkylation sites (tertiary alicyclic amines) is 1. The van der Waals surface area contributed by atoms with E-state index in [4.69, 9.17) is 0 Å². The van der Waals surface area contributed by atoms with E-state index in [2.05, 4.69) is 17.1 Å². The normalized spacial score (nSPS) is 19.8. The number of hydrogen-bond donors (Lipinski definition) is 2. The Morgan fingerprint density at radius 1 is 1.30 bits per heavy atom. The van der Waals surface area contributed by atoms with Crippen molar-refractivity contribution in [1.29, 1.82) is 0 Å². The fraction of sp³-hybridized carbons (Fsp3) is 0.421. The standard InChI is InChI=1S/C19H24N2O2/c1-14-5-4-10-21(14)13-19(23)20-12-18(22)17-9-8-15-6-2-3-7-16(15)11-17/h2-3,6-9,11,14,18,22H,4-5,10,12-13H2,1H3,(H,20,23). The number of rotatable bonds is 5. The predicted molar refractivity (Wildman–Crippen MR) is 92.2 cm³/mol. The second-order valence-corrected chi connectivity index (χ2v) is 6.39. The van der Waals surface area contributed by atoms with Gasteiger partial charge in [-0.2, -0.15) is 0 Å². The maximum atomic E-state index is 12.0. The van der Waals surface area contributed by atoms with E-state index in [0.29, 0.717) is 12.6 Å². The molecule has 2 aromatic rings. The van der Waals surface area contributed by atoms with Crippen molar-refractivity contribution in [2.45, 2.75) is 31.9 Å². The third-order valence-corrected chi connectivity index (χ3v) is 4.69. The van der Waals surface area contributed by atoms with Crippen molar-refractivity contribution in [2.75, 3.05) is 19.6 Å². The van der Waals surface area contributed by atoms with Crippen molar-refractivity contribution >= 4 is 16.7 Å². The number of carbonyl (C=O) groups is 1. The lowest BCUT2D eigenvalue weighted by Crippen LogP contribution is -2.40. The summed E-state index contributed by atoms with van der Waals surface area (Å²) in [4.78, 5) is 14.2. The maximum absolute atomic E-state index is 12.0. The van der Waals surface area contributed by atoms with E-state index in [1.165, 1.54) is 0 Å². The zero-order valence-corrected chi connectivity index (χ0v) is 13.5. The Kier molecular flexibility index (Phi) is 4.94. The number of carbonyl (C=O) groups excluding carboxylic acids is 1. The average molecular weight is 312 g/mol. The van der Waals surface area contributed by atoms with E-state index in [9.17, 15) is 9.90 Å². The molecule has 1 heterocycles. The van der Waals surface area contributed by atoms with Crippen LogP contribution in [0.15, 0.2) is 42.5 Å². The van der Waals surface area contributed by atoms with Crippen LogP contribution in [0.4, 0.5) is 0 Å². The SMILES string of the molecule is CC1CCCN1CC(=O)NCC(O)c1ccc2ccccc2c1.